The van der Waals surface area contributed by atoms with Crippen LogP contribution in [0.5, 0.6) is 0 Å². The molecule has 0 saturated carbocycles. The first-order valence-corrected chi connectivity index (χ1v) is 5.68. The van der Waals surface area contributed by atoms with E-state index in [2.05, 4.69) is 14.8 Å². The van der Waals surface area contributed by atoms with Crippen molar-refractivity contribution in [3.8, 4) is 0 Å². The number of hydrogen-bond acceptors (Lipinski definition) is 4. The first kappa shape index (κ1) is 13.6. The topological polar surface area (TPSA) is 52.5 Å². The lowest BCUT2D eigenvalue weighted by atomic mass is 10.3. The van der Waals surface area contributed by atoms with E-state index in [0.29, 0.717) is 5.42 Å². The molecule has 0 aromatic carbocycles. The quantitative estimate of drug-likeness (QED) is 0.761. The van der Waals surface area contributed by atoms with Gasteiger partial charge in [-0.05, 0) is 27.9 Å². The molecule has 17 heavy (non-hydrogen) atoms. The minimum atomic E-state index is -0.409. The SMILES string of the molecule is CC=c1[nH]c(=O)oc1=C(C)N(C)CCN(C)C. The second-order valence-electron chi connectivity index (χ2n) is 4.36. The molecule has 0 radical (unpaired) electrons. The van der Waals surface area contributed by atoms with Gasteiger partial charge in [-0.15, -0.1) is 0 Å². The molecule has 0 amide bonds. The third-order valence-corrected chi connectivity index (χ3v) is 2.75. The average Bonchev–Trinajstić information content (AvgIpc) is 2.66. The van der Waals surface area contributed by atoms with Gasteiger partial charge in [-0.2, -0.15) is 0 Å². The summed E-state index contributed by atoms with van der Waals surface area (Å²) >= 11 is 0. The van der Waals surface area contributed by atoms with Crippen LogP contribution in [0.2, 0.25) is 0 Å². The molecule has 0 saturated heterocycles. The van der Waals surface area contributed by atoms with E-state index >= 15 is 0 Å². The van der Waals surface area contributed by atoms with Crippen molar-refractivity contribution in [2.24, 2.45) is 0 Å². The molecule has 0 bridgehead atoms. The summed E-state index contributed by atoms with van der Waals surface area (Å²) in [6.45, 7) is 5.66. The number of nitrogens with zero attached hydrogens (tertiary/aromatic N) is 2. The van der Waals surface area contributed by atoms with E-state index in [1.807, 2.05) is 41.1 Å². The Bertz CT molecular complexity index is 525. The van der Waals surface area contributed by atoms with Crippen LogP contribution in [0.15, 0.2) is 9.21 Å². The van der Waals surface area contributed by atoms with Crippen molar-refractivity contribution in [1.29, 1.82) is 0 Å². The van der Waals surface area contributed by atoms with Crippen LogP contribution >= 0.6 is 0 Å². The highest BCUT2D eigenvalue weighted by Crippen LogP contribution is 1.96. The highest BCUT2D eigenvalue weighted by atomic mass is 16.4. The highest BCUT2D eigenvalue weighted by molar-refractivity contribution is 5.37. The number of aromatic nitrogens is 1. The molecule has 1 aromatic heterocycles. The van der Waals surface area contributed by atoms with Crippen molar-refractivity contribution >= 4 is 11.8 Å². The van der Waals surface area contributed by atoms with Crippen LogP contribution in [0.3, 0.4) is 0 Å². The van der Waals surface area contributed by atoms with Gasteiger partial charge in [0.2, 0.25) is 0 Å². The molecule has 5 nitrogen and oxygen atoms in total. The van der Waals surface area contributed by atoms with Crippen molar-refractivity contribution in [2.75, 3.05) is 34.2 Å². The molecule has 1 N–H and O–H groups in total. The zero-order chi connectivity index (χ0) is 13.0. The van der Waals surface area contributed by atoms with Crippen LogP contribution in [0.1, 0.15) is 13.8 Å². The molecular weight excluding hydrogens is 218 g/mol. The van der Waals surface area contributed by atoms with Crippen LogP contribution in [0, 0.1) is 0 Å². The molecule has 0 aliphatic heterocycles. The molecule has 0 aliphatic rings. The Labute approximate surface area is 101 Å². The Hall–Kier alpha value is -1.49. The molecule has 0 fully saturated rings. The lowest BCUT2D eigenvalue weighted by molar-refractivity contribution is 0.342. The number of H-pyrrole nitrogens is 1. The molecule has 96 valence electrons. The van der Waals surface area contributed by atoms with Gasteiger partial charge >= 0.3 is 5.76 Å². The van der Waals surface area contributed by atoms with Gasteiger partial charge < -0.3 is 14.2 Å². The van der Waals surface area contributed by atoms with E-state index in [0.717, 1.165) is 24.1 Å². The van der Waals surface area contributed by atoms with E-state index in [-0.39, 0.29) is 0 Å². The minimum Gasteiger partial charge on any atom is -0.406 e. The molecule has 0 aliphatic carbocycles. The fraction of sp³-hybridized carbons (Fsp3) is 0.583. The summed E-state index contributed by atoms with van der Waals surface area (Å²) in [5, 5.41) is 0.740. The standard InChI is InChI=1S/C12H21N3O2/c1-6-10-11(17-12(16)13-10)9(2)15(5)8-7-14(3)4/h6H,7-8H2,1-5H3,(H,13,16). The Morgan fingerprint density at radius 2 is 2.00 bits per heavy atom. The van der Waals surface area contributed by atoms with Gasteiger partial charge in [-0.1, -0.05) is 6.08 Å². The van der Waals surface area contributed by atoms with Crippen LogP contribution in [-0.2, 0) is 0 Å². The molecule has 0 spiro atoms. The molecule has 1 aromatic rings. The predicted molar refractivity (Wildman–Crippen MR) is 69.0 cm³/mol. The smallest absolute Gasteiger partial charge is 0.406 e. The zero-order valence-corrected chi connectivity index (χ0v) is 11.2. The second-order valence-corrected chi connectivity index (χ2v) is 4.36. The number of rotatable bonds is 4. The van der Waals surface area contributed by atoms with Gasteiger partial charge in [0.1, 0.15) is 0 Å². The first-order valence-electron chi connectivity index (χ1n) is 5.68. The van der Waals surface area contributed by atoms with Gasteiger partial charge in [-0.3, -0.25) is 4.98 Å². The Morgan fingerprint density at radius 1 is 1.35 bits per heavy atom. The molecule has 5 heteroatoms. The zero-order valence-electron chi connectivity index (χ0n) is 11.2. The highest BCUT2D eigenvalue weighted by Gasteiger charge is 2.05. The summed E-state index contributed by atoms with van der Waals surface area (Å²) in [5.74, 6) is -0.409. The van der Waals surface area contributed by atoms with Crippen molar-refractivity contribution in [1.82, 2.24) is 14.8 Å². The maximum absolute atomic E-state index is 11.2. The van der Waals surface area contributed by atoms with E-state index in [4.69, 9.17) is 4.42 Å². The van der Waals surface area contributed by atoms with Crippen molar-refractivity contribution < 1.29 is 4.42 Å². The number of likely N-dealkylation sites (N-methyl/N-ethyl adjacent to an activating group) is 2. The summed E-state index contributed by atoms with van der Waals surface area (Å²) in [7, 11) is 6.06. The van der Waals surface area contributed by atoms with Crippen LogP contribution in [0.25, 0.3) is 11.8 Å². The normalized spacial score (nSPS) is 14.4. The third-order valence-electron chi connectivity index (χ3n) is 2.75. The Morgan fingerprint density at radius 3 is 2.53 bits per heavy atom. The minimum absolute atomic E-state index is 0.409. The van der Waals surface area contributed by atoms with Gasteiger partial charge in [0, 0.05) is 20.1 Å². The van der Waals surface area contributed by atoms with Crippen molar-refractivity contribution in [3.05, 3.63) is 21.3 Å². The first-order chi connectivity index (χ1) is 7.95. The van der Waals surface area contributed by atoms with Gasteiger partial charge in [0.05, 0.1) is 11.0 Å². The van der Waals surface area contributed by atoms with Crippen LogP contribution < -0.4 is 16.5 Å². The van der Waals surface area contributed by atoms with E-state index in [9.17, 15) is 4.79 Å². The molecule has 1 rings (SSSR count). The summed E-state index contributed by atoms with van der Waals surface area (Å²) in [5.41, 5.74) is 1.58. The average molecular weight is 239 g/mol. The fourth-order valence-electron chi connectivity index (χ4n) is 1.50. The molecular formula is C12H21N3O2. The summed E-state index contributed by atoms with van der Waals surface area (Å²) < 4.78 is 5.16. The number of aromatic amines is 1. The lowest BCUT2D eigenvalue weighted by Gasteiger charge is -2.21. The Balaban J connectivity index is 3.07. The van der Waals surface area contributed by atoms with Crippen LogP contribution in [-0.4, -0.2) is 49.0 Å². The number of nitrogens with one attached hydrogen (secondary N) is 1. The monoisotopic (exact) mass is 239 g/mol. The van der Waals surface area contributed by atoms with E-state index in [1.54, 1.807) is 0 Å². The number of oxazole rings is 1. The van der Waals surface area contributed by atoms with Crippen molar-refractivity contribution in [3.63, 3.8) is 0 Å². The molecule has 0 unspecified atom stereocenters. The fourth-order valence-corrected chi connectivity index (χ4v) is 1.50. The summed E-state index contributed by atoms with van der Waals surface area (Å²) in [6.07, 6.45) is 1.84. The van der Waals surface area contributed by atoms with Crippen LogP contribution in [0.4, 0.5) is 0 Å². The van der Waals surface area contributed by atoms with Gasteiger partial charge in [0.15, 0.2) is 5.42 Å². The largest absolute Gasteiger partial charge is 0.417 e. The Kier molecular flexibility index (Phi) is 4.57. The number of hydrogen-bond donors (Lipinski definition) is 1. The summed E-state index contributed by atoms with van der Waals surface area (Å²) in [4.78, 5) is 18.0. The molecule has 1 heterocycles. The third kappa shape index (κ3) is 3.49. The van der Waals surface area contributed by atoms with Crippen molar-refractivity contribution in [2.45, 2.75) is 13.8 Å². The van der Waals surface area contributed by atoms with E-state index < -0.39 is 5.76 Å². The second kappa shape index (κ2) is 5.72. The van der Waals surface area contributed by atoms with Gasteiger partial charge in [-0.25, -0.2) is 4.79 Å². The maximum Gasteiger partial charge on any atom is 0.417 e. The van der Waals surface area contributed by atoms with Gasteiger partial charge in [0.25, 0.3) is 0 Å². The summed E-state index contributed by atoms with van der Waals surface area (Å²) in [6, 6.07) is 0. The van der Waals surface area contributed by atoms with E-state index in [1.165, 1.54) is 0 Å². The predicted octanol–water partition coefficient (Wildman–Crippen LogP) is -0.610. The maximum atomic E-state index is 11.2. The lowest BCUT2D eigenvalue weighted by Crippen LogP contribution is -2.33. The molecule has 0 atom stereocenters.